The van der Waals surface area contributed by atoms with E-state index in [9.17, 15) is 9.59 Å². The van der Waals surface area contributed by atoms with E-state index in [1.54, 1.807) is 11.8 Å². The maximum atomic E-state index is 12.9. The highest BCUT2D eigenvalue weighted by molar-refractivity contribution is 6.13. The van der Waals surface area contributed by atoms with Crippen LogP contribution < -0.4 is 10.2 Å². The highest BCUT2D eigenvalue weighted by Gasteiger charge is 2.48. The van der Waals surface area contributed by atoms with Gasteiger partial charge < -0.3 is 10.2 Å². The summed E-state index contributed by atoms with van der Waals surface area (Å²) >= 11 is 0. The van der Waals surface area contributed by atoms with Gasteiger partial charge in [-0.3, -0.25) is 9.59 Å². The smallest absolute Gasteiger partial charge is 0.242 e. The van der Waals surface area contributed by atoms with Crippen molar-refractivity contribution in [2.24, 2.45) is 5.41 Å². The van der Waals surface area contributed by atoms with Gasteiger partial charge in [0, 0.05) is 17.8 Å². The fourth-order valence-corrected chi connectivity index (χ4v) is 2.84. The van der Waals surface area contributed by atoms with E-state index in [4.69, 9.17) is 0 Å². The zero-order valence-electron chi connectivity index (χ0n) is 13.4. The molecule has 4 heteroatoms. The Morgan fingerprint density at radius 1 is 1.24 bits per heavy atom. The number of carbonyl (C=O) groups is 2. The number of fused-ring (bicyclic) bond motifs is 1. The van der Waals surface area contributed by atoms with Crippen LogP contribution in [0.5, 0.6) is 0 Å². The number of benzene rings is 1. The molecule has 1 atom stereocenters. The lowest BCUT2D eigenvalue weighted by atomic mass is 9.77. The highest BCUT2D eigenvalue weighted by atomic mass is 16.2. The van der Waals surface area contributed by atoms with Crippen LogP contribution in [0.4, 0.5) is 5.69 Å². The third-order valence-electron chi connectivity index (χ3n) is 3.92. The van der Waals surface area contributed by atoms with Crippen LogP contribution in [0.1, 0.15) is 40.2 Å². The lowest BCUT2D eigenvalue weighted by Gasteiger charge is -2.41. The van der Waals surface area contributed by atoms with Gasteiger partial charge in [0.05, 0.1) is 0 Å². The minimum Gasteiger partial charge on any atom is -0.353 e. The first kappa shape index (κ1) is 15.5. The summed E-state index contributed by atoms with van der Waals surface area (Å²) in [5.74, 6) is -0.308. The van der Waals surface area contributed by atoms with Crippen LogP contribution in [0.15, 0.2) is 24.3 Å². The number of hydrogen-bond acceptors (Lipinski definition) is 2. The van der Waals surface area contributed by atoms with Crippen molar-refractivity contribution in [3.05, 3.63) is 29.8 Å². The first-order valence-corrected chi connectivity index (χ1v) is 7.50. The van der Waals surface area contributed by atoms with Crippen molar-refractivity contribution in [3.63, 3.8) is 0 Å². The Hall–Kier alpha value is -1.84. The van der Waals surface area contributed by atoms with Crippen molar-refractivity contribution >= 4 is 17.5 Å². The molecule has 1 aliphatic rings. The summed E-state index contributed by atoms with van der Waals surface area (Å²) in [6, 6.07) is 7.87. The number of nitrogens with one attached hydrogen (secondary N) is 1. The number of nitrogens with zero attached hydrogens (tertiary/aromatic N) is 1. The molecule has 1 aromatic rings. The molecule has 0 fully saturated rings. The molecule has 0 aromatic heterocycles. The van der Waals surface area contributed by atoms with Crippen LogP contribution in [-0.4, -0.2) is 23.9 Å². The van der Waals surface area contributed by atoms with Crippen molar-refractivity contribution in [1.29, 1.82) is 0 Å². The van der Waals surface area contributed by atoms with Crippen LogP contribution in [0.25, 0.3) is 0 Å². The van der Waals surface area contributed by atoms with Crippen LogP contribution in [0.3, 0.4) is 0 Å². The second kappa shape index (κ2) is 5.51. The van der Waals surface area contributed by atoms with Crippen LogP contribution in [-0.2, 0) is 16.0 Å². The quantitative estimate of drug-likeness (QED) is 0.869. The van der Waals surface area contributed by atoms with Gasteiger partial charge in [0.2, 0.25) is 11.8 Å². The van der Waals surface area contributed by atoms with Crippen molar-refractivity contribution in [2.45, 2.75) is 53.1 Å². The van der Waals surface area contributed by atoms with Gasteiger partial charge in [-0.05, 0) is 52.7 Å². The maximum absolute atomic E-state index is 12.9. The molecule has 1 aromatic carbocycles. The third kappa shape index (κ3) is 2.67. The lowest BCUT2D eigenvalue weighted by Crippen LogP contribution is -2.57. The van der Waals surface area contributed by atoms with E-state index < -0.39 is 5.41 Å². The Kier molecular flexibility index (Phi) is 4.08. The van der Waals surface area contributed by atoms with Gasteiger partial charge in [-0.25, -0.2) is 0 Å². The average Bonchev–Trinajstić information content (AvgIpc) is 2.38. The standard InChI is InChI=1S/C17H24N2O2/c1-11(2)18-15(20)17(5)10-13-8-6-7-9-14(13)19(12(3)4)16(17)21/h6-9,11-12H,10H2,1-5H3,(H,18,20)/t17-/m0/s1. The Labute approximate surface area is 126 Å². The molecule has 0 radical (unpaired) electrons. The molecule has 21 heavy (non-hydrogen) atoms. The Morgan fingerprint density at radius 3 is 2.43 bits per heavy atom. The predicted molar refractivity (Wildman–Crippen MR) is 84.2 cm³/mol. The molecule has 0 aliphatic carbocycles. The number of amides is 2. The van der Waals surface area contributed by atoms with Crippen molar-refractivity contribution in [3.8, 4) is 0 Å². The first-order valence-electron chi connectivity index (χ1n) is 7.50. The molecule has 1 heterocycles. The van der Waals surface area contributed by atoms with E-state index in [1.165, 1.54) is 0 Å². The Bertz CT molecular complexity index is 566. The Morgan fingerprint density at radius 2 is 1.86 bits per heavy atom. The number of hydrogen-bond donors (Lipinski definition) is 1. The molecule has 0 saturated carbocycles. The molecule has 2 amide bonds. The third-order valence-corrected chi connectivity index (χ3v) is 3.92. The fourth-order valence-electron chi connectivity index (χ4n) is 2.84. The average molecular weight is 288 g/mol. The summed E-state index contributed by atoms with van der Waals surface area (Å²) in [5, 5.41) is 2.89. The number of carbonyl (C=O) groups excluding carboxylic acids is 2. The van der Waals surface area contributed by atoms with Gasteiger partial charge in [0.1, 0.15) is 5.41 Å². The summed E-state index contributed by atoms with van der Waals surface area (Å²) in [5.41, 5.74) is 0.933. The molecular weight excluding hydrogens is 264 g/mol. The molecule has 4 nitrogen and oxygen atoms in total. The molecule has 2 rings (SSSR count). The minimum absolute atomic E-state index is 0.0186. The Balaban J connectivity index is 2.48. The lowest BCUT2D eigenvalue weighted by molar-refractivity contribution is -0.142. The predicted octanol–water partition coefficient (Wildman–Crippen LogP) is 2.52. The SMILES string of the molecule is CC(C)NC(=O)[C@]1(C)Cc2ccccc2N(C(C)C)C1=O. The molecule has 0 saturated heterocycles. The van der Waals surface area contributed by atoms with E-state index in [0.29, 0.717) is 6.42 Å². The van der Waals surface area contributed by atoms with Crippen molar-refractivity contribution < 1.29 is 9.59 Å². The number of anilines is 1. The van der Waals surface area contributed by atoms with Gasteiger partial charge in [-0.2, -0.15) is 0 Å². The number of rotatable bonds is 3. The maximum Gasteiger partial charge on any atom is 0.242 e. The normalized spacial score (nSPS) is 21.7. The van der Waals surface area contributed by atoms with Crippen LogP contribution in [0, 0.1) is 5.41 Å². The van der Waals surface area contributed by atoms with E-state index in [2.05, 4.69) is 5.32 Å². The van der Waals surface area contributed by atoms with Gasteiger partial charge in [-0.1, -0.05) is 18.2 Å². The second-order valence-electron chi connectivity index (χ2n) is 6.53. The zero-order valence-corrected chi connectivity index (χ0v) is 13.4. The largest absolute Gasteiger partial charge is 0.353 e. The van der Waals surface area contributed by atoms with E-state index in [-0.39, 0.29) is 23.9 Å². The van der Waals surface area contributed by atoms with Gasteiger partial charge in [0.15, 0.2) is 0 Å². The molecule has 1 N–H and O–H groups in total. The van der Waals surface area contributed by atoms with E-state index in [0.717, 1.165) is 11.3 Å². The topological polar surface area (TPSA) is 49.4 Å². The van der Waals surface area contributed by atoms with Gasteiger partial charge >= 0.3 is 0 Å². The second-order valence-corrected chi connectivity index (χ2v) is 6.53. The van der Waals surface area contributed by atoms with E-state index >= 15 is 0 Å². The van der Waals surface area contributed by atoms with Gasteiger partial charge in [-0.15, -0.1) is 0 Å². The molecular formula is C17H24N2O2. The zero-order chi connectivity index (χ0) is 15.8. The molecule has 0 spiro atoms. The molecule has 1 aliphatic heterocycles. The summed E-state index contributed by atoms with van der Waals surface area (Å²) in [7, 11) is 0. The summed E-state index contributed by atoms with van der Waals surface area (Å²) < 4.78 is 0. The molecule has 114 valence electrons. The first-order chi connectivity index (χ1) is 9.77. The van der Waals surface area contributed by atoms with Gasteiger partial charge in [0.25, 0.3) is 0 Å². The van der Waals surface area contributed by atoms with Crippen LogP contribution in [0.2, 0.25) is 0 Å². The molecule has 0 bridgehead atoms. The van der Waals surface area contributed by atoms with Crippen molar-refractivity contribution in [2.75, 3.05) is 4.90 Å². The monoisotopic (exact) mass is 288 g/mol. The number of para-hydroxylation sites is 1. The highest BCUT2D eigenvalue weighted by Crippen LogP contribution is 2.38. The van der Waals surface area contributed by atoms with Crippen molar-refractivity contribution in [1.82, 2.24) is 5.32 Å². The van der Waals surface area contributed by atoms with Crippen LogP contribution >= 0.6 is 0 Å². The van der Waals surface area contributed by atoms with E-state index in [1.807, 2.05) is 52.0 Å². The fraction of sp³-hybridized carbons (Fsp3) is 0.529. The summed E-state index contributed by atoms with van der Waals surface area (Å²) in [6.07, 6.45) is 0.448. The summed E-state index contributed by atoms with van der Waals surface area (Å²) in [6.45, 7) is 9.51. The minimum atomic E-state index is -1.04. The molecule has 0 unspecified atom stereocenters. The summed E-state index contributed by atoms with van der Waals surface area (Å²) in [4.78, 5) is 27.2.